The minimum absolute atomic E-state index is 0.00756. The van der Waals surface area contributed by atoms with Gasteiger partial charge in [0.05, 0.1) is 12.9 Å². The molecule has 17 heavy (non-hydrogen) atoms. The molecule has 0 aliphatic heterocycles. The van der Waals surface area contributed by atoms with E-state index in [0.29, 0.717) is 12.2 Å². The molecule has 0 aromatic heterocycles. The first-order chi connectivity index (χ1) is 8.15. The lowest BCUT2D eigenvalue weighted by atomic mass is 10.1. The maximum Gasteiger partial charge on any atom is 0.129 e. The third-order valence-electron chi connectivity index (χ3n) is 2.44. The lowest BCUT2D eigenvalue weighted by Crippen LogP contribution is -2.21. The van der Waals surface area contributed by atoms with Crippen LogP contribution < -0.4 is 5.32 Å². The van der Waals surface area contributed by atoms with Gasteiger partial charge < -0.3 is 10.1 Å². The normalized spacial score (nSPS) is 12.2. The highest BCUT2D eigenvalue weighted by atomic mass is 79.9. The van der Waals surface area contributed by atoms with Gasteiger partial charge in [-0.1, -0.05) is 28.6 Å². The summed E-state index contributed by atoms with van der Waals surface area (Å²) < 4.78 is 19.4. The molecule has 2 nitrogen and oxygen atoms in total. The zero-order valence-corrected chi connectivity index (χ0v) is 11.5. The second kappa shape index (κ2) is 7.45. The Morgan fingerprint density at radius 2 is 2.35 bits per heavy atom. The van der Waals surface area contributed by atoms with E-state index in [4.69, 9.17) is 4.74 Å². The summed E-state index contributed by atoms with van der Waals surface area (Å²) in [6.07, 6.45) is 2.30. The molecule has 0 fully saturated rings. The molecule has 1 N–H and O–H groups in total. The van der Waals surface area contributed by atoms with Crippen molar-refractivity contribution in [3.8, 4) is 0 Å². The molecule has 0 aliphatic carbocycles. The molecule has 0 saturated heterocycles. The largest absolute Gasteiger partial charge is 0.502 e. The SMILES string of the molecule is C=COCCCNC(C)c1ccc(Br)cc1F. The molecule has 94 valence electrons. The highest BCUT2D eigenvalue weighted by Gasteiger charge is 2.10. The Kier molecular flexibility index (Phi) is 6.22. The minimum atomic E-state index is -0.193. The average molecular weight is 302 g/mol. The minimum Gasteiger partial charge on any atom is -0.502 e. The number of nitrogens with one attached hydrogen (secondary N) is 1. The van der Waals surface area contributed by atoms with Gasteiger partial charge in [-0.3, -0.25) is 0 Å². The van der Waals surface area contributed by atoms with Crippen LogP contribution in [0.15, 0.2) is 35.5 Å². The van der Waals surface area contributed by atoms with Crippen LogP contribution in [0.25, 0.3) is 0 Å². The molecule has 0 aliphatic rings. The van der Waals surface area contributed by atoms with Crippen molar-refractivity contribution in [1.29, 1.82) is 0 Å². The summed E-state index contributed by atoms with van der Waals surface area (Å²) in [5, 5.41) is 3.25. The van der Waals surface area contributed by atoms with Crippen LogP contribution in [0.5, 0.6) is 0 Å². The molecule has 0 radical (unpaired) electrons. The Balaban J connectivity index is 2.41. The number of hydrogen-bond acceptors (Lipinski definition) is 2. The predicted octanol–water partition coefficient (Wildman–Crippen LogP) is 3.79. The van der Waals surface area contributed by atoms with Gasteiger partial charge in [0.25, 0.3) is 0 Å². The molecule has 0 bridgehead atoms. The molecule has 0 spiro atoms. The number of hydrogen-bond donors (Lipinski definition) is 1. The van der Waals surface area contributed by atoms with Gasteiger partial charge >= 0.3 is 0 Å². The lowest BCUT2D eigenvalue weighted by molar-refractivity contribution is 0.243. The topological polar surface area (TPSA) is 21.3 Å². The molecule has 1 rings (SSSR count). The van der Waals surface area contributed by atoms with E-state index in [1.54, 1.807) is 6.07 Å². The lowest BCUT2D eigenvalue weighted by Gasteiger charge is -2.15. The molecule has 1 unspecified atom stereocenters. The van der Waals surface area contributed by atoms with Gasteiger partial charge in [0, 0.05) is 16.1 Å². The third kappa shape index (κ3) is 4.88. The molecular formula is C13H17BrFNO. The molecule has 0 saturated carbocycles. The standard InChI is InChI=1S/C13H17BrFNO/c1-3-17-8-4-7-16-10(2)12-6-5-11(14)9-13(12)15/h3,5-6,9-10,16H,1,4,7-8H2,2H3. The van der Waals surface area contributed by atoms with E-state index in [2.05, 4.69) is 27.8 Å². The van der Waals surface area contributed by atoms with E-state index in [1.165, 1.54) is 12.3 Å². The van der Waals surface area contributed by atoms with Crippen LogP contribution in [0, 0.1) is 5.82 Å². The molecule has 0 heterocycles. The van der Waals surface area contributed by atoms with E-state index < -0.39 is 0 Å². The fourth-order valence-electron chi connectivity index (χ4n) is 1.52. The zero-order chi connectivity index (χ0) is 12.7. The van der Waals surface area contributed by atoms with E-state index in [-0.39, 0.29) is 11.9 Å². The quantitative estimate of drug-likeness (QED) is 0.611. The summed E-state index contributed by atoms with van der Waals surface area (Å²) in [6.45, 7) is 6.82. The monoisotopic (exact) mass is 301 g/mol. The maximum atomic E-state index is 13.6. The first-order valence-corrected chi connectivity index (χ1v) is 6.35. The zero-order valence-electron chi connectivity index (χ0n) is 9.88. The molecule has 4 heteroatoms. The van der Waals surface area contributed by atoms with Gasteiger partial charge in [-0.05, 0) is 32.0 Å². The summed E-state index contributed by atoms with van der Waals surface area (Å²) >= 11 is 3.24. The molecule has 0 amide bonds. The Morgan fingerprint density at radius 1 is 1.59 bits per heavy atom. The molecule has 1 atom stereocenters. The Hall–Kier alpha value is -0.870. The maximum absolute atomic E-state index is 13.6. The molecule has 1 aromatic carbocycles. The molecule has 1 aromatic rings. The van der Waals surface area contributed by atoms with Crippen molar-refractivity contribution in [3.63, 3.8) is 0 Å². The van der Waals surface area contributed by atoms with E-state index in [9.17, 15) is 4.39 Å². The van der Waals surface area contributed by atoms with Crippen molar-refractivity contribution in [3.05, 3.63) is 46.9 Å². The predicted molar refractivity (Wildman–Crippen MR) is 71.3 cm³/mol. The second-order valence-corrected chi connectivity index (χ2v) is 4.65. The summed E-state index contributed by atoms with van der Waals surface area (Å²) in [6, 6.07) is 5.11. The van der Waals surface area contributed by atoms with Crippen molar-refractivity contribution >= 4 is 15.9 Å². The van der Waals surface area contributed by atoms with Crippen molar-refractivity contribution in [2.24, 2.45) is 0 Å². The third-order valence-corrected chi connectivity index (χ3v) is 2.93. The van der Waals surface area contributed by atoms with Crippen LogP contribution in [0.2, 0.25) is 0 Å². The fraction of sp³-hybridized carbons (Fsp3) is 0.385. The van der Waals surface area contributed by atoms with Crippen LogP contribution >= 0.6 is 15.9 Å². The number of ether oxygens (including phenoxy) is 1. The Labute approximate surface area is 110 Å². The van der Waals surface area contributed by atoms with Crippen LogP contribution in [0.3, 0.4) is 0 Å². The van der Waals surface area contributed by atoms with Crippen LogP contribution in [0.4, 0.5) is 4.39 Å². The Morgan fingerprint density at radius 3 is 3.00 bits per heavy atom. The molecular weight excluding hydrogens is 285 g/mol. The first kappa shape index (κ1) is 14.2. The summed E-state index contributed by atoms with van der Waals surface area (Å²) in [5.41, 5.74) is 0.679. The Bertz CT molecular complexity index is 370. The van der Waals surface area contributed by atoms with Gasteiger partial charge in [-0.15, -0.1) is 0 Å². The number of rotatable bonds is 7. The second-order valence-electron chi connectivity index (χ2n) is 3.73. The van der Waals surface area contributed by atoms with Gasteiger partial charge in [-0.25, -0.2) is 4.39 Å². The van der Waals surface area contributed by atoms with Crippen LogP contribution in [-0.2, 0) is 4.74 Å². The van der Waals surface area contributed by atoms with E-state index in [0.717, 1.165) is 17.4 Å². The smallest absolute Gasteiger partial charge is 0.129 e. The van der Waals surface area contributed by atoms with E-state index >= 15 is 0 Å². The van der Waals surface area contributed by atoms with Crippen LogP contribution in [-0.4, -0.2) is 13.2 Å². The van der Waals surface area contributed by atoms with Crippen LogP contribution in [0.1, 0.15) is 24.9 Å². The van der Waals surface area contributed by atoms with Crippen molar-refractivity contribution in [2.45, 2.75) is 19.4 Å². The average Bonchev–Trinajstić information content (AvgIpc) is 2.28. The summed E-state index contributed by atoms with van der Waals surface area (Å²) in [5.74, 6) is -0.193. The summed E-state index contributed by atoms with van der Waals surface area (Å²) in [4.78, 5) is 0. The summed E-state index contributed by atoms with van der Waals surface area (Å²) in [7, 11) is 0. The van der Waals surface area contributed by atoms with Gasteiger partial charge in [0.2, 0.25) is 0 Å². The number of halogens is 2. The fourth-order valence-corrected chi connectivity index (χ4v) is 1.85. The number of benzene rings is 1. The first-order valence-electron chi connectivity index (χ1n) is 5.56. The highest BCUT2D eigenvalue weighted by Crippen LogP contribution is 2.20. The van der Waals surface area contributed by atoms with Gasteiger partial charge in [-0.2, -0.15) is 0 Å². The van der Waals surface area contributed by atoms with Gasteiger partial charge in [0.1, 0.15) is 5.82 Å². The van der Waals surface area contributed by atoms with Crippen molar-refractivity contribution < 1.29 is 9.13 Å². The van der Waals surface area contributed by atoms with Crippen molar-refractivity contribution in [2.75, 3.05) is 13.2 Å². The van der Waals surface area contributed by atoms with E-state index in [1.807, 2.05) is 13.0 Å². The van der Waals surface area contributed by atoms with Gasteiger partial charge in [0.15, 0.2) is 0 Å². The van der Waals surface area contributed by atoms with Crippen molar-refractivity contribution in [1.82, 2.24) is 5.32 Å². The highest BCUT2D eigenvalue weighted by molar-refractivity contribution is 9.10.